The fourth-order valence-electron chi connectivity index (χ4n) is 2.41. The lowest BCUT2D eigenvalue weighted by Crippen LogP contribution is -2.47. The number of benzene rings is 2. The van der Waals surface area contributed by atoms with Gasteiger partial charge in [0.2, 0.25) is 5.91 Å². The van der Waals surface area contributed by atoms with Crippen molar-refractivity contribution < 1.29 is 19.6 Å². The first-order chi connectivity index (χ1) is 12.3. The number of nitro groups is 1. The zero-order valence-electron chi connectivity index (χ0n) is 14.1. The van der Waals surface area contributed by atoms with Crippen LogP contribution < -0.4 is 10.6 Å². The molecule has 2 aromatic carbocycles. The number of non-ortho nitro benzene ring substituents is 1. The van der Waals surface area contributed by atoms with Crippen molar-refractivity contribution in [2.24, 2.45) is 0 Å². The van der Waals surface area contributed by atoms with Gasteiger partial charge in [0.15, 0.2) is 0 Å². The molecule has 1 atom stereocenters. The lowest BCUT2D eigenvalue weighted by molar-refractivity contribution is -0.384. The second kappa shape index (κ2) is 8.61. The molecule has 8 heteroatoms. The fraction of sp³-hybridized carbons (Fsp3) is 0.222. The molecule has 0 saturated carbocycles. The summed E-state index contributed by atoms with van der Waals surface area (Å²) in [6.45, 7) is 2.21. The Balaban J connectivity index is 2.06. The van der Waals surface area contributed by atoms with Gasteiger partial charge in [0, 0.05) is 25.1 Å². The van der Waals surface area contributed by atoms with Crippen LogP contribution in [0.25, 0.3) is 0 Å². The van der Waals surface area contributed by atoms with Gasteiger partial charge < -0.3 is 15.7 Å². The van der Waals surface area contributed by atoms with E-state index in [2.05, 4.69) is 10.6 Å². The van der Waals surface area contributed by atoms with Gasteiger partial charge in [-0.2, -0.15) is 0 Å². The van der Waals surface area contributed by atoms with Gasteiger partial charge in [-0.3, -0.25) is 14.9 Å². The van der Waals surface area contributed by atoms with Gasteiger partial charge in [-0.1, -0.05) is 42.0 Å². The Labute approximate surface area is 150 Å². The predicted molar refractivity (Wildman–Crippen MR) is 94.8 cm³/mol. The molecule has 2 aromatic rings. The van der Waals surface area contributed by atoms with Crippen LogP contribution in [0.5, 0.6) is 0 Å². The Hall–Kier alpha value is -3.42. The minimum Gasteiger partial charge on any atom is -0.465 e. The van der Waals surface area contributed by atoms with Crippen LogP contribution in [-0.4, -0.2) is 28.1 Å². The Morgan fingerprint density at radius 2 is 1.85 bits per heavy atom. The predicted octanol–water partition coefficient (Wildman–Crippen LogP) is 2.40. The van der Waals surface area contributed by atoms with E-state index in [0.717, 1.165) is 11.1 Å². The van der Waals surface area contributed by atoms with Crippen LogP contribution in [0.1, 0.15) is 16.7 Å². The molecule has 0 radical (unpaired) electrons. The van der Waals surface area contributed by atoms with E-state index in [1.165, 1.54) is 18.2 Å². The Bertz CT molecular complexity index is 805. The average Bonchev–Trinajstić information content (AvgIpc) is 2.60. The molecule has 0 aliphatic carbocycles. The van der Waals surface area contributed by atoms with Crippen LogP contribution in [0, 0.1) is 17.0 Å². The van der Waals surface area contributed by atoms with E-state index in [4.69, 9.17) is 5.11 Å². The van der Waals surface area contributed by atoms with Crippen molar-refractivity contribution in [2.75, 3.05) is 0 Å². The van der Waals surface area contributed by atoms with Gasteiger partial charge in [-0.25, -0.2) is 4.79 Å². The monoisotopic (exact) mass is 357 g/mol. The number of amides is 2. The van der Waals surface area contributed by atoms with Gasteiger partial charge >= 0.3 is 6.09 Å². The second-order valence-electron chi connectivity index (χ2n) is 5.84. The Kier molecular flexibility index (Phi) is 6.26. The number of carbonyl (C=O) groups excluding carboxylic acids is 1. The highest BCUT2D eigenvalue weighted by Gasteiger charge is 2.21. The zero-order chi connectivity index (χ0) is 19.1. The number of nitrogens with one attached hydrogen (secondary N) is 2. The minimum absolute atomic E-state index is 0.00765. The molecule has 0 bridgehead atoms. The van der Waals surface area contributed by atoms with Crippen molar-refractivity contribution in [3.63, 3.8) is 0 Å². The molecule has 0 spiro atoms. The van der Waals surface area contributed by atoms with E-state index < -0.39 is 23.0 Å². The highest BCUT2D eigenvalue weighted by atomic mass is 16.6. The summed E-state index contributed by atoms with van der Waals surface area (Å²) in [5, 5.41) is 24.7. The second-order valence-corrected chi connectivity index (χ2v) is 5.84. The van der Waals surface area contributed by atoms with Crippen molar-refractivity contribution >= 4 is 17.7 Å². The maximum Gasteiger partial charge on any atom is 0.405 e. The summed E-state index contributed by atoms with van der Waals surface area (Å²) in [7, 11) is 0. The highest BCUT2D eigenvalue weighted by molar-refractivity contribution is 5.85. The topological polar surface area (TPSA) is 122 Å². The van der Waals surface area contributed by atoms with Gasteiger partial charge in [0.25, 0.3) is 5.69 Å². The number of hydrogen-bond donors (Lipinski definition) is 3. The number of hydrogen-bond acceptors (Lipinski definition) is 4. The van der Waals surface area contributed by atoms with Crippen LogP contribution in [0.4, 0.5) is 10.5 Å². The normalized spacial score (nSPS) is 11.4. The first kappa shape index (κ1) is 18.9. The maximum absolute atomic E-state index is 12.4. The summed E-state index contributed by atoms with van der Waals surface area (Å²) in [5.74, 6) is -0.500. The van der Waals surface area contributed by atoms with Crippen LogP contribution in [0.2, 0.25) is 0 Å². The molecule has 0 fully saturated rings. The largest absolute Gasteiger partial charge is 0.465 e. The summed E-state index contributed by atoms with van der Waals surface area (Å²) in [4.78, 5) is 33.7. The van der Waals surface area contributed by atoms with Crippen LogP contribution >= 0.6 is 0 Å². The summed E-state index contributed by atoms with van der Waals surface area (Å²) in [6.07, 6.45) is -1.33. The smallest absolute Gasteiger partial charge is 0.405 e. The molecule has 3 N–H and O–H groups in total. The van der Waals surface area contributed by atoms with E-state index in [9.17, 15) is 19.7 Å². The molecule has 0 aliphatic rings. The van der Waals surface area contributed by atoms with E-state index in [1.54, 1.807) is 6.07 Å². The number of aryl methyl sites for hydroxylation is 1. The molecule has 0 unspecified atom stereocenters. The van der Waals surface area contributed by atoms with E-state index in [1.807, 2.05) is 31.2 Å². The average molecular weight is 357 g/mol. The highest BCUT2D eigenvalue weighted by Crippen LogP contribution is 2.14. The molecule has 0 aromatic heterocycles. The maximum atomic E-state index is 12.4. The minimum atomic E-state index is -1.34. The van der Waals surface area contributed by atoms with E-state index in [0.29, 0.717) is 5.56 Å². The third kappa shape index (κ3) is 5.59. The van der Waals surface area contributed by atoms with Crippen molar-refractivity contribution in [1.29, 1.82) is 0 Å². The van der Waals surface area contributed by atoms with Gasteiger partial charge in [0.05, 0.1) is 4.92 Å². The number of carbonyl (C=O) groups is 2. The third-order valence-corrected chi connectivity index (χ3v) is 3.76. The first-order valence-electron chi connectivity index (χ1n) is 7.91. The molecule has 136 valence electrons. The van der Waals surface area contributed by atoms with Gasteiger partial charge in [-0.05, 0) is 18.1 Å². The van der Waals surface area contributed by atoms with E-state index in [-0.39, 0.29) is 18.7 Å². The number of nitrogens with zero attached hydrogens (tertiary/aromatic N) is 1. The van der Waals surface area contributed by atoms with Crippen molar-refractivity contribution in [1.82, 2.24) is 10.6 Å². The summed E-state index contributed by atoms with van der Waals surface area (Å²) < 4.78 is 0. The van der Waals surface area contributed by atoms with Crippen LogP contribution in [0.15, 0.2) is 48.5 Å². The summed E-state index contributed by atoms with van der Waals surface area (Å²) >= 11 is 0. The molecular weight excluding hydrogens is 338 g/mol. The Morgan fingerprint density at radius 3 is 2.46 bits per heavy atom. The molecule has 0 aliphatic heterocycles. The Morgan fingerprint density at radius 1 is 1.15 bits per heavy atom. The van der Waals surface area contributed by atoms with Gasteiger partial charge in [0.1, 0.15) is 6.04 Å². The number of nitro benzene ring substituents is 1. The molecule has 26 heavy (non-hydrogen) atoms. The van der Waals surface area contributed by atoms with E-state index >= 15 is 0 Å². The standard InChI is InChI=1S/C18H19N3O5/c1-12-5-7-13(8-6-12)11-19-17(22)16(20-18(23)24)10-14-3-2-4-15(9-14)21(25)26/h2-9,16,20H,10-11H2,1H3,(H,19,22)(H,23,24)/t16-/m0/s1. The molecular formula is C18H19N3O5. The van der Waals surface area contributed by atoms with Crippen molar-refractivity contribution in [2.45, 2.75) is 25.9 Å². The summed E-state index contributed by atoms with van der Waals surface area (Å²) in [6, 6.07) is 12.3. The van der Waals surface area contributed by atoms with Crippen LogP contribution in [-0.2, 0) is 17.8 Å². The van der Waals surface area contributed by atoms with Crippen molar-refractivity contribution in [3.8, 4) is 0 Å². The first-order valence-corrected chi connectivity index (χ1v) is 7.91. The molecule has 2 rings (SSSR count). The quantitative estimate of drug-likeness (QED) is 0.519. The third-order valence-electron chi connectivity index (χ3n) is 3.76. The molecule has 8 nitrogen and oxygen atoms in total. The lowest BCUT2D eigenvalue weighted by Gasteiger charge is -2.17. The molecule has 2 amide bonds. The number of carboxylic acid groups (broad SMARTS) is 1. The fourth-order valence-corrected chi connectivity index (χ4v) is 2.41. The molecule has 0 saturated heterocycles. The van der Waals surface area contributed by atoms with Gasteiger partial charge in [-0.15, -0.1) is 0 Å². The SMILES string of the molecule is Cc1ccc(CNC(=O)[C@H](Cc2cccc([N+](=O)[O-])c2)NC(=O)O)cc1. The summed E-state index contributed by atoms with van der Waals surface area (Å²) in [5.41, 5.74) is 2.35. The number of rotatable bonds is 7. The zero-order valence-corrected chi connectivity index (χ0v) is 14.1. The lowest BCUT2D eigenvalue weighted by atomic mass is 10.0. The molecule has 0 heterocycles. The van der Waals surface area contributed by atoms with Crippen LogP contribution in [0.3, 0.4) is 0 Å². The van der Waals surface area contributed by atoms with Crippen molar-refractivity contribution in [3.05, 3.63) is 75.3 Å².